The summed E-state index contributed by atoms with van der Waals surface area (Å²) in [4.78, 5) is 36.9. The monoisotopic (exact) mass is 367 g/mol. The first-order chi connectivity index (χ1) is 12.5. The van der Waals surface area contributed by atoms with Gasteiger partial charge >= 0.3 is 0 Å². The van der Waals surface area contributed by atoms with Gasteiger partial charge in [-0.1, -0.05) is 30.3 Å². The first-order valence-electron chi connectivity index (χ1n) is 8.40. The van der Waals surface area contributed by atoms with E-state index in [-0.39, 0.29) is 11.8 Å². The Balaban J connectivity index is 1.54. The second kappa shape index (κ2) is 7.67. The average molecular weight is 368 g/mol. The second-order valence-corrected chi connectivity index (χ2v) is 6.70. The molecule has 0 saturated carbocycles. The van der Waals surface area contributed by atoms with Gasteiger partial charge in [-0.25, -0.2) is 0 Å². The summed E-state index contributed by atoms with van der Waals surface area (Å²) in [5, 5.41) is 0.497. The number of hydrogen-bond acceptors (Lipinski definition) is 3. The minimum absolute atomic E-state index is 0.227. The molecule has 0 spiro atoms. The fourth-order valence-electron chi connectivity index (χ4n) is 3.08. The molecule has 26 heavy (non-hydrogen) atoms. The largest absolute Gasteiger partial charge is 0.298 e. The highest BCUT2D eigenvalue weighted by molar-refractivity contribution is 6.31. The number of carbonyl (C=O) groups excluding carboxylic acids is 3. The Hall–Kier alpha value is -2.72. The van der Waals surface area contributed by atoms with Crippen molar-refractivity contribution in [2.45, 2.75) is 19.3 Å². The minimum atomic E-state index is -0.227. The predicted octanol–water partition coefficient (Wildman–Crippen LogP) is 4.63. The molecule has 0 aliphatic carbocycles. The van der Waals surface area contributed by atoms with E-state index in [4.69, 9.17) is 11.6 Å². The quantitative estimate of drug-likeness (QED) is 0.407. The van der Waals surface area contributed by atoms with Crippen LogP contribution < -0.4 is 0 Å². The highest BCUT2D eigenvalue weighted by atomic mass is 35.5. The number of carbonyl (C=O) groups is 3. The van der Waals surface area contributed by atoms with Crippen molar-refractivity contribution in [2.75, 3.05) is 6.54 Å². The fourth-order valence-corrected chi connectivity index (χ4v) is 3.32. The van der Waals surface area contributed by atoms with E-state index in [0.717, 1.165) is 23.8 Å². The zero-order valence-electron chi connectivity index (χ0n) is 14.2. The van der Waals surface area contributed by atoms with Crippen molar-refractivity contribution in [1.82, 2.24) is 4.90 Å². The van der Waals surface area contributed by atoms with Crippen molar-refractivity contribution in [1.29, 1.82) is 0 Å². The van der Waals surface area contributed by atoms with Crippen LogP contribution in [0, 0.1) is 0 Å². The molecule has 0 bridgehead atoms. The summed E-state index contributed by atoms with van der Waals surface area (Å²) >= 11 is 6.01. The predicted molar refractivity (Wildman–Crippen MR) is 102 cm³/mol. The van der Waals surface area contributed by atoms with Crippen LogP contribution in [-0.2, 0) is 0 Å². The molecule has 2 amide bonds. The third kappa shape index (κ3) is 3.60. The molecule has 3 rings (SSSR count). The van der Waals surface area contributed by atoms with Crippen molar-refractivity contribution in [3.05, 3.63) is 76.3 Å². The summed E-state index contributed by atoms with van der Waals surface area (Å²) in [6.45, 7) is 4.43. The fraction of sp³-hybridized carbons (Fsp3) is 0.190. The number of halogens is 1. The van der Waals surface area contributed by atoms with Crippen LogP contribution in [0.2, 0.25) is 5.02 Å². The molecule has 1 heterocycles. The molecule has 2 aromatic rings. The maximum absolute atomic E-state index is 12.3. The Morgan fingerprint density at radius 3 is 2.31 bits per heavy atom. The van der Waals surface area contributed by atoms with Gasteiger partial charge in [0.05, 0.1) is 11.1 Å². The molecule has 0 radical (unpaired) electrons. The van der Waals surface area contributed by atoms with Crippen LogP contribution in [0.1, 0.15) is 55.9 Å². The third-order valence-corrected chi connectivity index (χ3v) is 4.67. The lowest BCUT2D eigenvalue weighted by molar-refractivity contribution is 0.0651. The molecule has 1 aliphatic rings. The smallest absolute Gasteiger partial charge is 0.261 e. The number of benzene rings is 2. The highest BCUT2D eigenvalue weighted by Gasteiger charge is 2.34. The van der Waals surface area contributed by atoms with E-state index in [2.05, 4.69) is 6.58 Å². The summed E-state index contributed by atoms with van der Waals surface area (Å²) in [5.74, 6) is -0.454. The van der Waals surface area contributed by atoms with Gasteiger partial charge in [0.25, 0.3) is 11.8 Å². The van der Waals surface area contributed by atoms with E-state index in [0.29, 0.717) is 41.1 Å². The maximum atomic E-state index is 12.3. The van der Waals surface area contributed by atoms with Crippen LogP contribution in [0.4, 0.5) is 0 Å². The Morgan fingerprint density at radius 1 is 1.04 bits per heavy atom. The average Bonchev–Trinajstić information content (AvgIpc) is 2.89. The topological polar surface area (TPSA) is 54.5 Å². The third-order valence-electron chi connectivity index (χ3n) is 4.45. The van der Waals surface area contributed by atoms with Crippen LogP contribution in [0.3, 0.4) is 0 Å². The number of hydrogen-bond donors (Lipinski definition) is 0. The molecule has 0 N–H and O–H groups in total. The summed E-state index contributed by atoms with van der Waals surface area (Å²) in [6, 6.07) is 12.0. The molecular formula is C21H18ClNO3. The number of unbranched alkanes of at least 4 members (excludes halogenated alkanes) is 1. The molecule has 0 saturated heterocycles. The zero-order valence-corrected chi connectivity index (χ0v) is 15.0. The lowest BCUT2D eigenvalue weighted by Crippen LogP contribution is -2.30. The van der Waals surface area contributed by atoms with E-state index >= 15 is 0 Å². The van der Waals surface area contributed by atoms with Crippen LogP contribution in [0.25, 0.3) is 5.57 Å². The van der Waals surface area contributed by atoms with Crippen molar-refractivity contribution >= 4 is 35.3 Å². The number of allylic oxidation sites excluding steroid dienone is 1. The van der Waals surface area contributed by atoms with E-state index in [1.54, 1.807) is 42.5 Å². The van der Waals surface area contributed by atoms with Gasteiger partial charge < -0.3 is 0 Å². The van der Waals surface area contributed by atoms with Crippen molar-refractivity contribution in [3.63, 3.8) is 0 Å². The van der Waals surface area contributed by atoms with Crippen LogP contribution in [0.15, 0.2) is 49.0 Å². The Morgan fingerprint density at radius 2 is 1.69 bits per heavy atom. The molecule has 0 aromatic heterocycles. The van der Waals surface area contributed by atoms with Crippen LogP contribution in [0.5, 0.6) is 0 Å². The van der Waals surface area contributed by atoms with Gasteiger partial charge in [-0.3, -0.25) is 19.3 Å². The van der Waals surface area contributed by atoms with E-state index < -0.39 is 0 Å². The number of amides is 2. The standard InChI is InChI=1S/C21H18ClNO3/c1-14(16-10-15(13-24)11-17(22)12-16)6-4-5-9-23-20(25)18-7-2-3-8-19(18)21(23)26/h2-3,7-8,10-13H,1,4-6,9H2. The molecule has 2 aromatic carbocycles. The van der Waals surface area contributed by atoms with E-state index in [1.807, 2.05) is 0 Å². The summed E-state index contributed by atoms with van der Waals surface area (Å²) < 4.78 is 0. The van der Waals surface area contributed by atoms with Gasteiger partial charge in [-0.05, 0) is 60.7 Å². The normalized spacial score (nSPS) is 13.0. The van der Waals surface area contributed by atoms with E-state index in [9.17, 15) is 14.4 Å². The number of rotatable bonds is 7. The lowest BCUT2D eigenvalue weighted by Gasteiger charge is -2.14. The SMILES string of the molecule is C=C(CCCCN1C(=O)c2ccccc2C1=O)c1cc(Cl)cc(C=O)c1. The Kier molecular flexibility index (Phi) is 5.33. The van der Waals surface area contributed by atoms with Gasteiger partial charge in [-0.2, -0.15) is 0 Å². The molecule has 0 atom stereocenters. The van der Waals surface area contributed by atoms with Crippen LogP contribution in [-0.4, -0.2) is 29.5 Å². The molecule has 4 nitrogen and oxygen atoms in total. The number of nitrogens with zero attached hydrogens (tertiary/aromatic N) is 1. The van der Waals surface area contributed by atoms with Gasteiger partial charge in [0.2, 0.25) is 0 Å². The second-order valence-electron chi connectivity index (χ2n) is 6.26. The summed E-state index contributed by atoms with van der Waals surface area (Å²) in [6.07, 6.45) is 2.91. The Bertz CT molecular complexity index is 869. The van der Waals surface area contributed by atoms with Crippen molar-refractivity contribution < 1.29 is 14.4 Å². The molecule has 0 fully saturated rings. The molecule has 5 heteroatoms. The lowest BCUT2D eigenvalue weighted by atomic mass is 10.00. The zero-order chi connectivity index (χ0) is 18.7. The van der Waals surface area contributed by atoms with E-state index in [1.165, 1.54) is 4.90 Å². The number of fused-ring (bicyclic) bond motifs is 1. The molecule has 0 unspecified atom stereocenters. The minimum Gasteiger partial charge on any atom is -0.298 e. The van der Waals surface area contributed by atoms with Crippen LogP contribution >= 0.6 is 11.6 Å². The molecular weight excluding hydrogens is 350 g/mol. The van der Waals surface area contributed by atoms with Crippen molar-refractivity contribution in [3.8, 4) is 0 Å². The number of aldehydes is 1. The van der Waals surface area contributed by atoms with Gasteiger partial charge in [-0.15, -0.1) is 0 Å². The molecule has 1 aliphatic heterocycles. The molecule has 132 valence electrons. The summed E-state index contributed by atoms with van der Waals surface area (Å²) in [5.41, 5.74) is 3.17. The van der Waals surface area contributed by atoms with Gasteiger partial charge in [0.15, 0.2) is 0 Å². The van der Waals surface area contributed by atoms with Gasteiger partial charge in [0.1, 0.15) is 6.29 Å². The Labute approximate surface area is 157 Å². The number of imide groups is 1. The highest BCUT2D eigenvalue weighted by Crippen LogP contribution is 2.25. The first-order valence-corrected chi connectivity index (χ1v) is 8.78. The maximum Gasteiger partial charge on any atom is 0.261 e. The summed E-state index contributed by atoms with van der Waals surface area (Å²) in [7, 11) is 0. The van der Waals surface area contributed by atoms with Gasteiger partial charge in [0, 0.05) is 17.1 Å². The van der Waals surface area contributed by atoms with Crippen molar-refractivity contribution in [2.24, 2.45) is 0 Å². The first kappa shape index (κ1) is 18.1.